The number of fused-ring (bicyclic) bond motifs is 2. The lowest BCUT2D eigenvalue weighted by molar-refractivity contribution is 0.112. The third-order valence-electron chi connectivity index (χ3n) is 5.47. The summed E-state index contributed by atoms with van der Waals surface area (Å²) in [5.41, 5.74) is 3.24. The maximum atomic E-state index is 13.0. The van der Waals surface area contributed by atoms with Crippen molar-refractivity contribution in [2.45, 2.75) is 31.7 Å². The highest BCUT2D eigenvalue weighted by Crippen LogP contribution is 2.38. The Balaban J connectivity index is 1.54. The molecule has 0 aliphatic heterocycles. The number of nitrogens with zero attached hydrogens (tertiary/aromatic N) is 4. The van der Waals surface area contributed by atoms with Gasteiger partial charge in [-0.05, 0) is 47.9 Å². The van der Waals surface area contributed by atoms with Crippen LogP contribution in [0.25, 0.3) is 16.4 Å². The maximum Gasteiger partial charge on any atom is 0.260 e. The largest absolute Gasteiger partial charge is 0.309 e. The molecule has 134 valence electrons. The second kappa shape index (κ2) is 6.16. The van der Waals surface area contributed by atoms with Crippen molar-refractivity contribution in [3.8, 4) is 0 Å². The lowest BCUT2D eigenvalue weighted by Crippen LogP contribution is -2.21. The summed E-state index contributed by atoms with van der Waals surface area (Å²) in [5.74, 6) is 0.530. The topological polar surface area (TPSA) is 69.3 Å². The van der Waals surface area contributed by atoms with Crippen LogP contribution in [0.3, 0.4) is 0 Å². The van der Waals surface area contributed by atoms with Crippen molar-refractivity contribution in [3.05, 3.63) is 76.4 Å². The third-order valence-corrected chi connectivity index (χ3v) is 5.47. The van der Waals surface area contributed by atoms with Crippen molar-refractivity contribution in [3.63, 3.8) is 0 Å². The molecule has 0 bridgehead atoms. The first-order chi connectivity index (χ1) is 13.2. The van der Waals surface area contributed by atoms with Gasteiger partial charge in [-0.2, -0.15) is 0 Å². The lowest BCUT2D eigenvalue weighted by Gasteiger charge is -2.26. The van der Waals surface area contributed by atoms with E-state index in [0.29, 0.717) is 23.4 Å². The zero-order valence-electron chi connectivity index (χ0n) is 14.7. The minimum Gasteiger partial charge on any atom is -0.309 e. The molecule has 0 N–H and O–H groups in total. The van der Waals surface area contributed by atoms with E-state index in [2.05, 4.69) is 9.97 Å². The van der Waals surface area contributed by atoms with E-state index in [1.807, 2.05) is 24.7 Å². The SMILES string of the molecule is O=Cc1ccc2nc(Cn3ccc4c(C5CCC5)cncc4c3=O)cn2c1. The third kappa shape index (κ3) is 2.65. The molecule has 6 nitrogen and oxygen atoms in total. The van der Waals surface area contributed by atoms with Gasteiger partial charge in [0.1, 0.15) is 5.65 Å². The molecule has 0 aromatic carbocycles. The number of hydrogen-bond acceptors (Lipinski definition) is 4. The van der Waals surface area contributed by atoms with Crippen LogP contribution in [-0.2, 0) is 6.54 Å². The summed E-state index contributed by atoms with van der Waals surface area (Å²) in [5, 5.41) is 1.68. The minimum atomic E-state index is -0.0492. The van der Waals surface area contributed by atoms with Gasteiger partial charge in [0.05, 0.1) is 17.6 Å². The van der Waals surface area contributed by atoms with E-state index < -0.39 is 0 Å². The fraction of sp³-hybridized carbons (Fsp3) is 0.238. The van der Waals surface area contributed by atoms with Gasteiger partial charge >= 0.3 is 0 Å². The number of imidazole rings is 1. The molecular formula is C21H18N4O2. The first-order valence-corrected chi connectivity index (χ1v) is 9.13. The second-order valence-corrected chi connectivity index (χ2v) is 7.14. The average molecular weight is 358 g/mol. The number of pyridine rings is 3. The Kier molecular flexibility index (Phi) is 3.63. The van der Waals surface area contributed by atoms with Gasteiger partial charge in [-0.1, -0.05) is 6.42 Å². The van der Waals surface area contributed by atoms with Crippen molar-refractivity contribution in [1.29, 1.82) is 0 Å². The van der Waals surface area contributed by atoms with Gasteiger partial charge in [0.25, 0.3) is 5.56 Å². The molecule has 1 aliphatic rings. The van der Waals surface area contributed by atoms with Gasteiger partial charge < -0.3 is 8.97 Å². The molecule has 0 amide bonds. The van der Waals surface area contributed by atoms with Crippen molar-refractivity contribution < 1.29 is 4.79 Å². The zero-order valence-corrected chi connectivity index (χ0v) is 14.7. The van der Waals surface area contributed by atoms with Crippen LogP contribution in [-0.4, -0.2) is 25.2 Å². The van der Waals surface area contributed by atoms with Crippen LogP contribution in [0, 0.1) is 0 Å². The Morgan fingerprint density at radius 1 is 1.11 bits per heavy atom. The molecule has 5 rings (SSSR count). The van der Waals surface area contributed by atoms with Crippen molar-refractivity contribution >= 4 is 22.7 Å². The van der Waals surface area contributed by atoms with Crippen molar-refractivity contribution in [2.24, 2.45) is 0 Å². The quantitative estimate of drug-likeness (QED) is 0.526. The molecule has 0 atom stereocenters. The normalized spacial score (nSPS) is 14.5. The molecule has 1 saturated carbocycles. The van der Waals surface area contributed by atoms with E-state index in [1.165, 1.54) is 24.8 Å². The fourth-order valence-corrected chi connectivity index (χ4v) is 3.78. The Bertz CT molecular complexity index is 1230. The molecular weight excluding hydrogens is 340 g/mol. The number of aldehydes is 1. The van der Waals surface area contributed by atoms with Crippen LogP contribution in [0.1, 0.15) is 46.8 Å². The highest BCUT2D eigenvalue weighted by Gasteiger charge is 2.22. The molecule has 27 heavy (non-hydrogen) atoms. The Labute approximate surface area is 155 Å². The van der Waals surface area contributed by atoms with E-state index in [4.69, 9.17) is 0 Å². The summed E-state index contributed by atoms with van der Waals surface area (Å²) in [4.78, 5) is 32.8. The van der Waals surface area contributed by atoms with Crippen LogP contribution < -0.4 is 5.56 Å². The maximum absolute atomic E-state index is 13.0. The van der Waals surface area contributed by atoms with Crippen LogP contribution in [0.5, 0.6) is 0 Å². The number of carbonyl (C=O) groups excluding carboxylic acids is 1. The number of carbonyl (C=O) groups is 1. The molecule has 1 fully saturated rings. The number of hydrogen-bond donors (Lipinski definition) is 0. The minimum absolute atomic E-state index is 0.0492. The summed E-state index contributed by atoms with van der Waals surface area (Å²) >= 11 is 0. The first kappa shape index (κ1) is 15.9. The molecule has 4 aromatic rings. The van der Waals surface area contributed by atoms with Crippen LogP contribution in [0.4, 0.5) is 0 Å². The Morgan fingerprint density at radius 2 is 2.00 bits per heavy atom. The van der Waals surface area contributed by atoms with Crippen LogP contribution in [0.15, 0.2) is 54.0 Å². The second-order valence-electron chi connectivity index (χ2n) is 7.14. The Morgan fingerprint density at radius 3 is 2.78 bits per heavy atom. The summed E-state index contributed by atoms with van der Waals surface area (Å²) < 4.78 is 3.47. The lowest BCUT2D eigenvalue weighted by atomic mass is 9.79. The summed E-state index contributed by atoms with van der Waals surface area (Å²) in [6, 6.07) is 5.55. The van der Waals surface area contributed by atoms with Gasteiger partial charge in [-0.15, -0.1) is 0 Å². The van der Waals surface area contributed by atoms with Crippen molar-refractivity contribution in [2.75, 3.05) is 0 Å². The van der Waals surface area contributed by atoms with Crippen LogP contribution >= 0.6 is 0 Å². The standard InChI is InChI=1S/C21H18N4O2/c26-13-14-4-5-20-23-16(12-25(20)10-14)11-24-7-6-17-18(15-2-1-3-15)8-22-9-19(17)21(24)27/h4-10,12-13,15H,1-3,11H2. The van der Waals surface area contributed by atoms with E-state index in [9.17, 15) is 9.59 Å². The van der Waals surface area contributed by atoms with Gasteiger partial charge in [0.15, 0.2) is 6.29 Å². The molecule has 6 heteroatoms. The molecule has 1 aliphatic carbocycles. The number of aromatic nitrogens is 4. The fourth-order valence-electron chi connectivity index (χ4n) is 3.78. The molecule has 0 spiro atoms. The van der Waals surface area contributed by atoms with Crippen LogP contribution in [0.2, 0.25) is 0 Å². The highest BCUT2D eigenvalue weighted by atomic mass is 16.1. The highest BCUT2D eigenvalue weighted by molar-refractivity contribution is 5.84. The monoisotopic (exact) mass is 358 g/mol. The summed E-state index contributed by atoms with van der Waals surface area (Å²) in [6.45, 7) is 0.376. The van der Waals surface area contributed by atoms with Gasteiger partial charge in [0.2, 0.25) is 0 Å². The van der Waals surface area contributed by atoms with Gasteiger partial charge in [-0.3, -0.25) is 14.6 Å². The predicted octanol–water partition coefficient (Wildman–Crippen LogP) is 3.17. The summed E-state index contributed by atoms with van der Waals surface area (Å²) in [7, 11) is 0. The molecule has 0 unspecified atom stereocenters. The molecule has 4 aromatic heterocycles. The summed E-state index contributed by atoms with van der Waals surface area (Å²) in [6.07, 6.45) is 13.4. The average Bonchev–Trinajstić information content (AvgIpc) is 3.04. The van der Waals surface area contributed by atoms with E-state index in [0.717, 1.165) is 23.0 Å². The smallest absolute Gasteiger partial charge is 0.260 e. The van der Waals surface area contributed by atoms with Crippen molar-refractivity contribution in [1.82, 2.24) is 18.9 Å². The zero-order chi connectivity index (χ0) is 18.4. The van der Waals surface area contributed by atoms with Gasteiger partial charge in [-0.25, -0.2) is 4.98 Å². The van der Waals surface area contributed by atoms with Gasteiger partial charge in [0, 0.05) is 36.5 Å². The molecule has 4 heterocycles. The molecule has 0 saturated heterocycles. The molecule has 0 radical (unpaired) electrons. The number of rotatable bonds is 4. The first-order valence-electron chi connectivity index (χ1n) is 9.13. The van der Waals surface area contributed by atoms with E-state index in [1.54, 1.807) is 33.5 Å². The van der Waals surface area contributed by atoms with E-state index >= 15 is 0 Å². The predicted molar refractivity (Wildman–Crippen MR) is 102 cm³/mol. The Hall–Kier alpha value is -3.28. The van der Waals surface area contributed by atoms with E-state index in [-0.39, 0.29) is 5.56 Å².